The summed E-state index contributed by atoms with van der Waals surface area (Å²) in [5.41, 5.74) is 2.48. The van der Waals surface area contributed by atoms with E-state index in [0.29, 0.717) is 11.8 Å². The number of rotatable bonds is 7. The van der Waals surface area contributed by atoms with Crippen molar-refractivity contribution in [2.75, 3.05) is 51.3 Å². The molecule has 0 spiro atoms. The third kappa shape index (κ3) is 6.38. The number of carbonyl (C=O) groups excluding carboxylic acids is 1. The van der Waals surface area contributed by atoms with Gasteiger partial charge in [-0.25, -0.2) is 9.78 Å². The van der Waals surface area contributed by atoms with E-state index in [1.807, 2.05) is 17.0 Å². The van der Waals surface area contributed by atoms with Crippen LogP contribution in [-0.2, 0) is 6.54 Å². The van der Waals surface area contributed by atoms with Crippen LogP contribution in [0.3, 0.4) is 0 Å². The number of piperazine rings is 1. The van der Waals surface area contributed by atoms with Crippen molar-refractivity contribution in [1.29, 1.82) is 0 Å². The maximum atomic E-state index is 12.8. The normalized spacial score (nSPS) is 20.0. The van der Waals surface area contributed by atoms with Gasteiger partial charge in [-0.2, -0.15) is 0 Å². The molecular formula is C26H37N5O2. The molecule has 7 nitrogen and oxygen atoms in total. The quantitative estimate of drug-likeness (QED) is 0.697. The van der Waals surface area contributed by atoms with E-state index >= 15 is 0 Å². The van der Waals surface area contributed by atoms with Crippen molar-refractivity contribution in [1.82, 2.24) is 20.1 Å². The number of likely N-dealkylation sites (tertiary alicyclic amines) is 1. The zero-order valence-electron chi connectivity index (χ0n) is 19.9. The van der Waals surface area contributed by atoms with Crippen LogP contribution in [0.1, 0.15) is 31.7 Å². The molecule has 4 rings (SSSR count). The molecule has 2 aromatic rings. The summed E-state index contributed by atoms with van der Waals surface area (Å²) in [6, 6.07) is 14.9. The predicted molar refractivity (Wildman–Crippen MR) is 132 cm³/mol. The Labute approximate surface area is 197 Å². The molecule has 178 valence electrons. The SMILES string of the molecule is COc1cc(N2CCN(C(=O)NCCC3CCN(Cc4ccccc4)CC3)[C@H](C)C2)ccn1. The maximum Gasteiger partial charge on any atom is 0.317 e. The first-order valence-electron chi connectivity index (χ1n) is 12.2. The molecule has 3 heterocycles. The van der Waals surface area contributed by atoms with Crippen molar-refractivity contribution in [3.63, 3.8) is 0 Å². The van der Waals surface area contributed by atoms with Crippen LogP contribution in [0.4, 0.5) is 10.5 Å². The van der Waals surface area contributed by atoms with E-state index in [1.54, 1.807) is 13.3 Å². The van der Waals surface area contributed by atoms with Crippen LogP contribution in [-0.4, -0.2) is 73.2 Å². The molecule has 2 saturated heterocycles. The number of benzene rings is 1. The Hall–Kier alpha value is -2.80. The zero-order valence-corrected chi connectivity index (χ0v) is 19.9. The summed E-state index contributed by atoms with van der Waals surface area (Å²) < 4.78 is 5.24. The molecule has 1 N–H and O–H groups in total. The third-order valence-electron chi connectivity index (χ3n) is 6.97. The van der Waals surface area contributed by atoms with Gasteiger partial charge in [0, 0.05) is 56.7 Å². The fourth-order valence-electron chi connectivity index (χ4n) is 4.96. The Bertz CT molecular complexity index is 885. The smallest absolute Gasteiger partial charge is 0.317 e. The standard InChI is InChI=1S/C26H37N5O2/c1-21-19-30(24-9-13-27-25(18-24)33-2)16-17-31(21)26(32)28-12-8-22-10-14-29(15-11-22)20-23-6-4-3-5-7-23/h3-7,9,13,18,21-22H,8,10-12,14-17,19-20H2,1-2H3,(H,28,32)/t21-/m1/s1. The van der Waals surface area contributed by atoms with Crippen LogP contribution < -0.4 is 15.0 Å². The summed E-state index contributed by atoms with van der Waals surface area (Å²) in [5.74, 6) is 1.32. The maximum absolute atomic E-state index is 12.8. The topological polar surface area (TPSA) is 60.9 Å². The molecule has 2 fully saturated rings. The number of carbonyl (C=O) groups is 1. The number of nitrogens with zero attached hydrogens (tertiary/aromatic N) is 4. The average molecular weight is 452 g/mol. The minimum Gasteiger partial charge on any atom is -0.481 e. The highest BCUT2D eigenvalue weighted by Crippen LogP contribution is 2.23. The molecule has 7 heteroatoms. The summed E-state index contributed by atoms with van der Waals surface area (Å²) in [5, 5.41) is 3.18. The predicted octanol–water partition coefficient (Wildman–Crippen LogP) is 3.61. The first-order chi connectivity index (χ1) is 16.1. The van der Waals surface area contributed by atoms with E-state index in [-0.39, 0.29) is 12.1 Å². The first-order valence-corrected chi connectivity index (χ1v) is 12.2. The molecule has 0 aliphatic carbocycles. The molecule has 1 aromatic carbocycles. The number of anilines is 1. The Morgan fingerprint density at radius 3 is 2.64 bits per heavy atom. The van der Waals surface area contributed by atoms with Gasteiger partial charge in [-0.3, -0.25) is 4.90 Å². The lowest BCUT2D eigenvalue weighted by Crippen LogP contribution is -2.56. The summed E-state index contributed by atoms with van der Waals surface area (Å²) in [4.78, 5) is 23.8. The number of aromatic nitrogens is 1. The van der Waals surface area contributed by atoms with Crippen molar-refractivity contribution in [2.24, 2.45) is 5.92 Å². The molecule has 0 saturated carbocycles. The van der Waals surface area contributed by atoms with Crippen molar-refractivity contribution in [3.05, 3.63) is 54.2 Å². The molecular weight excluding hydrogens is 414 g/mol. The second kappa shape index (κ2) is 11.4. The summed E-state index contributed by atoms with van der Waals surface area (Å²) in [6.45, 7) is 8.54. The minimum absolute atomic E-state index is 0.0657. The lowest BCUT2D eigenvalue weighted by molar-refractivity contribution is 0.162. The van der Waals surface area contributed by atoms with Gasteiger partial charge in [0.05, 0.1) is 7.11 Å². The molecule has 0 unspecified atom stereocenters. The van der Waals surface area contributed by atoms with Gasteiger partial charge < -0.3 is 19.9 Å². The molecule has 0 radical (unpaired) electrons. The molecule has 1 aromatic heterocycles. The highest BCUT2D eigenvalue weighted by Gasteiger charge is 2.28. The van der Waals surface area contributed by atoms with E-state index in [2.05, 4.69) is 57.4 Å². The number of urea groups is 1. The van der Waals surface area contributed by atoms with E-state index < -0.39 is 0 Å². The van der Waals surface area contributed by atoms with Crippen LogP contribution in [0.5, 0.6) is 5.88 Å². The third-order valence-corrected chi connectivity index (χ3v) is 6.97. The van der Waals surface area contributed by atoms with E-state index in [9.17, 15) is 4.79 Å². The van der Waals surface area contributed by atoms with Crippen molar-refractivity contribution >= 4 is 11.7 Å². The van der Waals surface area contributed by atoms with Gasteiger partial charge in [-0.05, 0) is 56.8 Å². The second-order valence-corrected chi connectivity index (χ2v) is 9.27. The molecule has 2 aliphatic heterocycles. The second-order valence-electron chi connectivity index (χ2n) is 9.27. The highest BCUT2D eigenvalue weighted by atomic mass is 16.5. The van der Waals surface area contributed by atoms with Gasteiger partial charge in [-0.15, -0.1) is 0 Å². The van der Waals surface area contributed by atoms with Crippen LogP contribution in [0.15, 0.2) is 48.7 Å². The number of amides is 2. The summed E-state index contributed by atoms with van der Waals surface area (Å²) in [6.07, 6.45) is 5.26. The van der Waals surface area contributed by atoms with E-state index in [4.69, 9.17) is 4.74 Å². The number of pyridine rings is 1. The molecule has 0 bridgehead atoms. The lowest BCUT2D eigenvalue weighted by atomic mass is 9.93. The first kappa shape index (κ1) is 23.4. The van der Waals surface area contributed by atoms with Gasteiger partial charge in [0.25, 0.3) is 0 Å². The van der Waals surface area contributed by atoms with Gasteiger partial charge in [0.15, 0.2) is 0 Å². The number of methoxy groups -OCH3 is 1. The molecule has 33 heavy (non-hydrogen) atoms. The number of ether oxygens (including phenoxy) is 1. The zero-order chi connectivity index (χ0) is 23.0. The highest BCUT2D eigenvalue weighted by molar-refractivity contribution is 5.75. The van der Waals surface area contributed by atoms with Crippen LogP contribution in [0.2, 0.25) is 0 Å². The van der Waals surface area contributed by atoms with Crippen LogP contribution in [0.25, 0.3) is 0 Å². The Morgan fingerprint density at radius 1 is 1.12 bits per heavy atom. The molecule has 2 amide bonds. The summed E-state index contributed by atoms with van der Waals surface area (Å²) in [7, 11) is 1.63. The number of piperidine rings is 1. The van der Waals surface area contributed by atoms with Crippen molar-refractivity contribution in [3.8, 4) is 5.88 Å². The van der Waals surface area contributed by atoms with Gasteiger partial charge in [-0.1, -0.05) is 30.3 Å². The van der Waals surface area contributed by atoms with Crippen LogP contribution in [0, 0.1) is 5.92 Å². The lowest BCUT2D eigenvalue weighted by Gasteiger charge is -2.41. The Kier molecular flexibility index (Phi) is 8.05. The van der Waals surface area contributed by atoms with Gasteiger partial charge in [0.1, 0.15) is 0 Å². The monoisotopic (exact) mass is 451 g/mol. The number of hydrogen-bond donors (Lipinski definition) is 1. The Balaban J connectivity index is 1.15. The number of nitrogens with one attached hydrogen (secondary N) is 1. The average Bonchev–Trinajstić information content (AvgIpc) is 2.85. The van der Waals surface area contributed by atoms with Crippen molar-refractivity contribution < 1.29 is 9.53 Å². The van der Waals surface area contributed by atoms with Gasteiger partial charge >= 0.3 is 6.03 Å². The molecule has 1 atom stereocenters. The van der Waals surface area contributed by atoms with E-state index in [1.165, 1.54) is 18.4 Å². The van der Waals surface area contributed by atoms with Crippen LogP contribution >= 0.6 is 0 Å². The molecule has 2 aliphatic rings. The number of hydrogen-bond acceptors (Lipinski definition) is 5. The fourth-order valence-corrected chi connectivity index (χ4v) is 4.96. The largest absolute Gasteiger partial charge is 0.481 e. The van der Waals surface area contributed by atoms with Gasteiger partial charge in [0.2, 0.25) is 5.88 Å². The van der Waals surface area contributed by atoms with Crippen molar-refractivity contribution in [2.45, 2.75) is 38.8 Å². The Morgan fingerprint density at radius 2 is 1.91 bits per heavy atom. The fraction of sp³-hybridized carbons (Fsp3) is 0.538. The van der Waals surface area contributed by atoms with E-state index in [0.717, 1.165) is 57.9 Å². The summed E-state index contributed by atoms with van der Waals surface area (Å²) >= 11 is 0. The minimum atomic E-state index is 0.0657.